The van der Waals surface area contributed by atoms with Crippen molar-refractivity contribution < 1.29 is 25.8 Å². The van der Waals surface area contributed by atoms with E-state index in [1.54, 1.807) is 0 Å². The van der Waals surface area contributed by atoms with Crippen LogP contribution in [0.4, 0.5) is 13.2 Å². The Bertz CT molecular complexity index is 592. The molecule has 0 amide bonds. The quantitative estimate of drug-likeness (QED) is 0.543. The fraction of sp³-hybridized carbons (Fsp3) is 0.500. The Balaban J connectivity index is 3.27. The summed E-state index contributed by atoms with van der Waals surface area (Å²) in [4.78, 5) is 14.4. The van der Waals surface area contributed by atoms with Gasteiger partial charge in [-0.2, -0.15) is 31.7 Å². The minimum absolute atomic E-state index is 0.112. The van der Waals surface area contributed by atoms with Gasteiger partial charge in [0.25, 0.3) is 0 Å². The van der Waals surface area contributed by atoms with Gasteiger partial charge in [0.15, 0.2) is 0 Å². The van der Waals surface area contributed by atoms with E-state index in [0.29, 0.717) is 4.68 Å². The van der Waals surface area contributed by atoms with E-state index in [9.17, 15) is 26.4 Å². The summed E-state index contributed by atoms with van der Waals surface area (Å²) in [5.74, 6) is -1.31. The summed E-state index contributed by atoms with van der Waals surface area (Å²) in [6, 6.07) is 0. The van der Waals surface area contributed by atoms with Crippen LogP contribution in [0.25, 0.3) is 0 Å². The van der Waals surface area contributed by atoms with Crippen molar-refractivity contribution in [1.29, 1.82) is 0 Å². The average Bonchev–Trinajstić information content (AvgIpc) is 2.11. The van der Waals surface area contributed by atoms with E-state index in [-0.39, 0.29) is 5.82 Å². The van der Waals surface area contributed by atoms with Crippen LogP contribution in [-0.2, 0) is 17.2 Å². The molecule has 0 aliphatic heterocycles. The van der Waals surface area contributed by atoms with Gasteiger partial charge in [-0.3, -0.25) is 4.79 Å². The number of halogens is 3. The Morgan fingerprint density at radius 1 is 1.35 bits per heavy atom. The van der Waals surface area contributed by atoms with E-state index in [4.69, 9.17) is 0 Å². The second kappa shape index (κ2) is 3.98. The minimum Gasteiger partial charge on any atom is -0.349 e. The zero-order chi connectivity index (χ0) is 13.4. The van der Waals surface area contributed by atoms with Crippen LogP contribution in [0.1, 0.15) is 5.82 Å². The van der Waals surface area contributed by atoms with Gasteiger partial charge in [-0.25, -0.2) is 4.68 Å². The van der Waals surface area contributed by atoms with Gasteiger partial charge in [0.1, 0.15) is 5.82 Å². The second-order valence-corrected chi connectivity index (χ2v) is 4.41. The van der Waals surface area contributed by atoms with E-state index < -0.39 is 27.1 Å². The first kappa shape index (κ1) is 13.4. The highest BCUT2D eigenvalue weighted by Gasteiger charge is 2.49. The minimum atomic E-state index is -5.91. The highest BCUT2D eigenvalue weighted by atomic mass is 32.2. The predicted octanol–water partition coefficient (Wildman–Crippen LogP) is -0.288. The third-order valence-electron chi connectivity index (χ3n) is 1.51. The number of aromatic nitrogens is 3. The number of nitrogens with zero attached hydrogens (tertiary/aromatic N) is 3. The van der Waals surface area contributed by atoms with Crippen LogP contribution >= 0.6 is 0 Å². The SMILES string of the molecule is Cc1nc(OS(=O)(=O)C(F)(F)F)c(=O)n(C)n1. The second-order valence-electron chi connectivity index (χ2n) is 2.88. The normalized spacial score (nSPS) is 12.5. The summed E-state index contributed by atoms with van der Waals surface area (Å²) in [5, 5.41) is 3.46. The summed E-state index contributed by atoms with van der Waals surface area (Å²) in [7, 11) is -4.80. The molecule has 17 heavy (non-hydrogen) atoms. The number of hydrogen-bond acceptors (Lipinski definition) is 6. The van der Waals surface area contributed by atoms with Gasteiger partial charge in [0.05, 0.1) is 0 Å². The van der Waals surface area contributed by atoms with Crippen LogP contribution in [0.5, 0.6) is 5.88 Å². The maximum Gasteiger partial charge on any atom is 0.534 e. The summed E-state index contributed by atoms with van der Waals surface area (Å²) in [5.41, 5.74) is -6.82. The Hall–Kier alpha value is -1.65. The molecular weight excluding hydrogens is 267 g/mol. The topological polar surface area (TPSA) is 91.1 Å². The zero-order valence-corrected chi connectivity index (χ0v) is 9.33. The number of hydrogen-bond donors (Lipinski definition) is 0. The van der Waals surface area contributed by atoms with Crippen molar-refractivity contribution in [1.82, 2.24) is 14.8 Å². The molecule has 7 nitrogen and oxygen atoms in total. The Morgan fingerprint density at radius 3 is 2.35 bits per heavy atom. The lowest BCUT2D eigenvalue weighted by atomic mass is 10.6. The van der Waals surface area contributed by atoms with Crippen LogP contribution < -0.4 is 9.74 Å². The summed E-state index contributed by atoms with van der Waals surface area (Å²) >= 11 is 0. The van der Waals surface area contributed by atoms with Gasteiger partial charge >= 0.3 is 27.1 Å². The molecule has 0 atom stereocenters. The fourth-order valence-corrected chi connectivity index (χ4v) is 1.23. The van der Waals surface area contributed by atoms with Gasteiger partial charge in [0, 0.05) is 7.05 Å². The zero-order valence-electron chi connectivity index (χ0n) is 8.52. The largest absolute Gasteiger partial charge is 0.534 e. The third-order valence-corrected chi connectivity index (χ3v) is 2.45. The van der Waals surface area contributed by atoms with Crippen LogP contribution in [0.15, 0.2) is 4.79 Å². The highest BCUT2D eigenvalue weighted by molar-refractivity contribution is 7.87. The van der Waals surface area contributed by atoms with Crippen molar-refractivity contribution in [2.24, 2.45) is 7.05 Å². The standard InChI is InChI=1S/C6H6F3N3O4S/c1-3-10-4(5(13)12(2)11-3)16-17(14,15)6(7,8)9/h1-2H3. The molecule has 0 aliphatic rings. The van der Waals surface area contributed by atoms with Crippen molar-refractivity contribution >= 4 is 10.1 Å². The number of alkyl halides is 3. The molecular formula is C6H6F3N3O4S. The molecule has 0 saturated heterocycles. The third kappa shape index (κ3) is 2.72. The van der Waals surface area contributed by atoms with Crippen molar-refractivity contribution in [3.63, 3.8) is 0 Å². The lowest BCUT2D eigenvalue weighted by molar-refractivity contribution is -0.0502. The average molecular weight is 273 g/mol. The molecule has 0 spiro atoms. The highest BCUT2D eigenvalue weighted by Crippen LogP contribution is 2.24. The number of aryl methyl sites for hydroxylation is 2. The Kier molecular flexibility index (Phi) is 3.14. The van der Waals surface area contributed by atoms with Crippen LogP contribution in [0.3, 0.4) is 0 Å². The van der Waals surface area contributed by atoms with Crippen molar-refractivity contribution in [3.05, 3.63) is 16.2 Å². The molecule has 0 radical (unpaired) electrons. The van der Waals surface area contributed by atoms with Gasteiger partial charge in [-0.15, -0.1) is 0 Å². The first-order valence-corrected chi connectivity index (χ1v) is 5.38. The monoisotopic (exact) mass is 273 g/mol. The van der Waals surface area contributed by atoms with Gasteiger partial charge in [-0.05, 0) is 6.92 Å². The Morgan fingerprint density at radius 2 is 1.88 bits per heavy atom. The molecule has 11 heteroatoms. The molecule has 0 fully saturated rings. The van der Waals surface area contributed by atoms with Crippen LogP contribution in [0, 0.1) is 6.92 Å². The van der Waals surface area contributed by atoms with E-state index >= 15 is 0 Å². The maximum atomic E-state index is 12.0. The first-order valence-electron chi connectivity index (χ1n) is 3.97. The van der Waals surface area contributed by atoms with Gasteiger partial charge in [-0.1, -0.05) is 0 Å². The summed E-state index contributed by atoms with van der Waals surface area (Å²) in [6.07, 6.45) is 0. The van der Waals surface area contributed by atoms with Crippen molar-refractivity contribution in [2.45, 2.75) is 12.4 Å². The van der Waals surface area contributed by atoms with Crippen LogP contribution in [0.2, 0.25) is 0 Å². The van der Waals surface area contributed by atoms with E-state index in [1.807, 2.05) is 0 Å². The number of rotatable bonds is 2. The molecule has 0 bridgehead atoms. The molecule has 0 aliphatic carbocycles. The molecule has 0 saturated carbocycles. The van der Waals surface area contributed by atoms with E-state index in [0.717, 1.165) is 7.05 Å². The maximum absolute atomic E-state index is 12.0. The lowest BCUT2D eigenvalue weighted by Crippen LogP contribution is -2.32. The molecule has 1 rings (SSSR count). The molecule has 1 aromatic heterocycles. The first-order chi connectivity index (χ1) is 7.54. The van der Waals surface area contributed by atoms with Crippen molar-refractivity contribution in [3.8, 4) is 5.88 Å². The lowest BCUT2D eigenvalue weighted by Gasteiger charge is -2.08. The molecule has 1 heterocycles. The van der Waals surface area contributed by atoms with Gasteiger partial charge < -0.3 is 4.18 Å². The summed E-state index contributed by atoms with van der Waals surface area (Å²) < 4.78 is 61.5. The molecule has 96 valence electrons. The predicted molar refractivity (Wildman–Crippen MR) is 47.6 cm³/mol. The van der Waals surface area contributed by atoms with E-state index in [1.165, 1.54) is 6.92 Å². The molecule has 0 unspecified atom stereocenters. The summed E-state index contributed by atoms with van der Waals surface area (Å²) in [6.45, 7) is 1.26. The molecule has 0 aromatic carbocycles. The molecule has 1 aromatic rings. The van der Waals surface area contributed by atoms with Crippen LogP contribution in [-0.4, -0.2) is 28.7 Å². The smallest absolute Gasteiger partial charge is 0.349 e. The fourth-order valence-electron chi connectivity index (χ4n) is 0.823. The van der Waals surface area contributed by atoms with Gasteiger partial charge in [0.2, 0.25) is 0 Å². The molecule has 0 N–H and O–H groups in total. The van der Waals surface area contributed by atoms with Crippen molar-refractivity contribution in [2.75, 3.05) is 0 Å². The van der Waals surface area contributed by atoms with E-state index in [2.05, 4.69) is 14.3 Å². The Labute approximate surface area is 93.0 Å².